The molecule has 0 fully saturated rings. The Bertz CT molecular complexity index is 329. The van der Waals surface area contributed by atoms with Crippen LogP contribution in [0.2, 0.25) is 0 Å². The van der Waals surface area contributed by atoms with Crippen molar-refractivity contribution < 1.29 is 9.84 Å². The molecule has 0 bridgehead atoms. The van der Waals surface area contributed by atoms with Crippen molar-refractivity contribution >= 4 is 0 Å². The highest BCUT2D eigenvalue weighted by atomic mass is 16.5. The third-order valence-corrected chi connectivity index (χ3v) is 3.17. The van der Waals surface area contributed by atoms with Crippen LogP contribution in [-0.2, 0) is 10.3 Å². The lowest BCUT2D eigenvalue weighted by molar-refractivity contribution is 0.0365. The molecule has 0 aliphatic carbocycles. The van der Waals surface area contributed by atoms with Crippen molar-refractivity contribution in [2.75, 3.05) is 19.8 Å². The van der Waals surface area contributed by atoms with Gasteiger partial charge in [0.15, 0.2) is 0 Å². The van der Waals surface area contributed by atoms with Crippen LogP contribution in [0, 0.1) is 5.92 Å². The van der Waals surface area contributed by atoms with Crippen LogP contribution in [0.1, 0.15) is 32.3 Å². The number of hydrogen-bond donors (Lipinski definition) is 2. The number of aliphatic hydroxyl groups excluding tert-OH is 1. The SMILES string of the molecule is CCCC(C)COCC(N)(CO)c1ccccc1. The molecular weight excluding hydrogens is 226 g/mol. The quantitative estimate of drug-likeness (QED) is 0.745. The van der Waals surface area contributed by atoms with Gasteiger partial charge in [0.25, 0.3) is 0 Å². The molecular formula is C15H25NO2. The van der Waals surface area contributed by atoms with Crippen LogP contribution >= 0.6 is 0 Å². The summed E-state index contributed by atoms with van der Waals surface area (Å²) in [5, 5.41) is 9.50. The minimum Gasteiger partial charge on any atom is -0.394 e. The molecule has 3 nitrogen and oxygen atoms in total. The van der Waals surface area contributed by atoms with Crippen LogP contribution in [0.25, 0.3) is 0 Å². The summed E-state index contributed by atoms with van der Waals surface area (Å²) in [6.07, 6.45) is 2.32. The lowest BCUT2D eigenvalue weighted by atomic mass is 9.93. The van der Waals surface area contributed by atoms with Crippen molar-refractivity contribution in [2.45, 2.75) is 32.2 Å². The van der Waals surface area contributed by atoms with E-state index < -0.39 is 5.54 Å². The lowest BCUT2D eigenvalue weighted by Crippen LogP contribution is -2.45. The predicted molar refractivity (Wildman–Crippen MR) is 74.3 cm³/mol. The Hall–Kier alpha value is -0.900. The Morgan fingerprint density at radius 2 is 2.00 bits per heavy atom. The first-order valence-corrected chi connectivity index (χ1v) is 6.65. The van der Waals surface area contributed by atoms with Crippen molar-refractivity contribution in [1.29, 1.82) is 0 Å². The predicted octanol–water partition coefficient (Wildman–Crippen LogP) is 2.29. The van der Waals surface area contributed by atoms with Gasteiger partial charge in [-0.3, -0.25) is 0 Å². The molecule has 1 rings (SSSR count). The van der Waals surface area contributed by atoms with E-state index in [2.05, 4.69) is 13.8 Å². The van der Waals surface area contributed by atoms with Crippen molar-refractivity contribution in [1.82, 2.24) is 0 Å². The summed E-state index contributed by atoms with van der Waals surface area (Å²) in [5.41, 5.74) is 6.32. The molecule has 0 radical (unpaired) electrons. The van der Waals surface area contributed by atoms with E-state index in [1.165, 1.54) is 0 Å². The highest BCUT2D eigenvalue weighted by molar-refractivity contribution is 5.24. The van der Waals surface area contributed by atoms with Gasteiger partial charge in [-0.1, -0.05) is 50.6 Å². The van der Waals surface area contributed by atoms with Gasteiger partial charge in [0, 0.05) is 6.61 Å². The molecule has 0 heterocycles. The van der Waals surface area contributed by atoms with E-state index in [1.807, 2.05) is 30.3 Å². The Morgan fingerprint density at radius 1 is 1.33 bits per heavy atom. The second-order valence-corrected chi connectivity index (χ2v) is 5.09. The first-order chi connectivity index (χ1) is 8.62. The molecule has 0 amide bonds. The molecule has 0 saturated heterocycles. The van der Waals surface area contributed by atoms with E-state index in [0.717, 1.165) is 18.4 Å². The van der Waals surface area contributed by atoms with Gasteiger partial charge in [-0.15, -0.1) is 0 Å². The topological polar surface area (TPSA) is 55.5 Å². The van der Waals surface area contributed by atoms with Crippen LogP contribution in [0.3, 0.4) is 0 Å². The molecule has 102 valence electrons. The average Bonchev–Trinajstić information content (AvgIpc) is 2.40. The van der Waals surface area contributed by atoms with Gasteiger partial charge in [0.2, 0.25) is 0 Å². The van der Waals surface area contributed by atoms with Gasteiger partial charge in [-0.25, -0.2) is 0 Å². The smallest absolute Gasteiger partial charge is 0.0881 e. The van der Waals surface area contributed by atoms with Gasteiger partial charge in [0.05, 0.1) is 18.8 Å². The normalized spacial score (nSPS) is 16.2. The molecule has 0 aliphatic rings. The van der Waals surface area contributed by atoms with E-state index >= 15 is 0 Å². The van der Waals surface area contributed by atoms with Crippen LogP contribution in [0.15, 0.2) is 30.3 Å². The Labute approximate surface area is 110 Å². The molecule has 2 unspecified atom stereocenters. The number of rotatable bonds is 8. The summed E-state index contributed by atoms with van der Waals surface area (Å²) in [6.45, 7) is 5.27. The van der Waals surface area contributed by atoms with Crippen molar-refractivity contribution in [3.63, 3.8) is 0 Å². The third kappa shape index (κ3) is 4.41. The molecule has 0 saturated carbocycles. The standard InChI is InChI=1S/C15H25NO2/c1-3-7-13(2)10-18-12-15(16,11-17)14-8-5-4-6-9-14/h4-6,8-9,13,17H,3,7,10-12,16H2,1-2H3. The number of nitrogens with two attached hydrogens (primary N) is 1. The summed E-state index contributed by atoms with van der Waals surface area (Å²) in [7, 11) is 0. The minimum atomic E-state index is -0.798. The van der Waals surface area contributed by atoms with Gasteiger partial charge in [-0.2, -0.15) is 0 Å². The fraction of sp³-hybridized carbons (Fsp3) is 0.600. The number of hydrogen-bond acceptors (Lipinski definition) is 3. The van der Waals surface area contributed by atoms with E-state index in [9.17, 15) is 5.11 Å². The zero-order valence-corrected chi connectivity index (χ0v) is 11.4. The monoisotopic (exact) mass is 251 g/mol. The molecule has 1 aromatic carbocycles. The molecule has 3 heteroatoms. The molecule has 3 N–H and O–H groups in total. The Balaban J connectivity index is 2.51. The molecule has 1 aromatic rings. The first-order valence-electron chi connectivity index (χ1n) is 6.65. The molecule has 0 spiro atoms. The van der Waals surface area contributed by atoms with E-state index in [4.69, 9.17) is 10.5 Å². The van der Waals surface area contributed by atoms with Crippen LogP contribution < -0.4 is 5.73 Å². The van der Waals surface area contributed by atoms with Crippen LogP contribution in [-0.4, -0.2) is 24.9 Å². The molecule has 18 heavy (non-hydrogen) atoms. The maximum atomic E-state index is 9.50. The second kappa shape index (κ2) is 7.52. The molecule has 0 aromatic heterocycles. The minimum absolute atomic E-state index is 0.112. The van der Waals surface area contributed by atoms with Gasteiger partial charge < -0.3 is 15.6 Å². The van der Waals surface area contributed by atoms with Crippen molar-refractivity contribution in [3.8, 4) is 0 Å². The number of benzene rings is 1. The summed E-state index contributed by atoms with van der Waals surface area (Å²) < 4.78 is 5.67. The van der Waals surface area contributed by atoms with E-state index in [1.54, 1.807) is 0 Å². The summed E-state index contributed by atoms with van der Waals surface area (Å²) in [4.78, 5) is 0. The lowest BCUT2D eigenvalue weighted by Gasteiger charge is -2.28. The molecule has 0 aliphatic heterocycles. The fourth-order valence-electron chi connectivity index (χ4n) is 2.01. The highest BCUT2D eigenvalue weighted by Gasteiger charge is 2.26. The average molecular weight is 251 g/mol. The summed E-state index contributed by atoms with van der Waals surface area (Å²) in [6, 6.07) is 9.63. The van der Waals surface area contributed by atoms with E-state index in [-0.39, 0.29) is 6.61 Å². The van der Waals surface area contributed by atoms with Gasteiger partial charge >= 0.3 is 0 Å². The van der Waals surface area contributed by atoms with Gasteiger partial charge in [0.1, 0.15) is 0 Å². The Morgan fingerprint density at radius 3 is 2.56 bits per heavy atom. The first kappa shape index (κ1) is 15.2. The largest absolute Gasteiger partial charge is 0.394 e. The zero-order valence-electron chi connectivity index (χ0n) is 11.4. The zero-order chi connectivity index (χ0) is 13.4. The van der Waals surface area contributed by atoms with Crippen molar-refractivity contribution in [2.24, 2.45) is 11.7 Å². The maximum absolute atomic E-state index is 9.50. The van der Waals surface area contributed by atoms with Gasteiger partial charge in [-0.05, 0) is 17.9 Å². The Kier molecular flexibility index (Phi) is 6.33. The summed E-state index contributed by atoms with van der Waals surface area (Å²) in [5.74, 6) is 0.536. The third-order valence-electron chi connectivity index (χ3n) is 3.17. The van der Waals surface area contributed by atoms with Crippen LogP contribution in [0.5, 0.6) is 0 Å². The molecule has 2 atom stereocenters. The number of aliphatic hydroxyl groups is 1. The second-order valence-electron chi connectivity index (χ2n) is 5.09. The number of ether oxygens (including phenoxy) is 1. The van der Waals surface area contributed by atoms with Crippen LogP contribution in [0.4, 0.5) is 0 Å². The van der Waals surface area contributed by atoms with Crippen molar-refractivity contribution in [3.05, 3.63) is 35.9 Å². The summed E-state index contributed by atoms with van der Waals surface area (Å²) >= 11 is 0. The van der Waals surface area contributed by atoms with E-state index in [0.29, 0.717) is 19.1 Å². The highest BCUT2D eigenvalue weighted by Crippen LogP contribution is 2.18. The maximum Gasteiger partial charge on any atom is 0.0881 e. The fourth-order valence-corrected chi connectivity index (χ4v) is 2.01.